The van der Waals surface area contributed by atoms with E-state index in [0.29, 0.717) is 21.7 Å². The number of sulfonamides is 1. The Hall–Kier alpha value is -3.04. The summed E-state index contributed by atoms with van der Waals surface area (Å²) in [6.07, 6.45) is -0.378. The van der Waals surface area contributed by atoms with Gasteiger partial charge in [-0.15, -0.1) is 0 Å². The van der Waals surface area contributed by atoms with Crippen LogP contribution in [-0.2, 0) is 14.8 Å². The molecule has 7 nitrogen and oxygen atoms in total. The Bertz CT molecular complexity index is 1250. The van der Waals surface area contributed by atoms with Crippen molar-refractivity contribution in [1.29, 1.82) is 0 Å². The van der Waals surface area contributed by atoms with Crippen LogP contribution in [0.1, 0.15) is 5.56 Å². The number of rotatable bonds is 7. The van der Waals surface area contributed by atoms with Crippen LogP contribution in [0.3, 0.4) is 0 Å². The van der Waals surface area contributed by atoms with Gasteiger partial charge in [0.2, 0.25) is 5.91 Å². The van der Waals surface area contributed by atoms with Gasteiger partial charge in [0.15, 0.2) is 11.5 Å². The highest BCUT2D eigenvalue weighted by atomic mass is 79.9. The number of carbonyl (C=O) groups is 1. The Morgan fingerprint density at radius 2 is 1.79 bits per heavy atom. The van der Waals surface area contributed by atoms with Gasteiger partial charge in [-0.25, -0.2) is 8.42 Å². The first-order valence-corrected chi connectivity index (χ1v) is 12.6. The standard InChI is InChI=1S/C24H23BrN2O5S/c1-17-9-11-21(12-10-17)33(29,30)27(19-6-4-5-18(25)13-19)15-24(28)26-14-20-16-31-22-7-2-3-8-23(22)32-20/h2-13,20H,14-16H2,1H3,(H,26,28)/t20-/m0/s1. The van der Waals surface area contributed by atoms with Crippen molar-refractivity contribution in [3.8, 4) is 11.5 Å². The molecule has 1 amide bonds. The lowest BCUT2D eigenvalue weighted by Crippen LogP contribution is -2.45. The number of carbonyl (C=O) groups excluding carboxylic acids is 1. The lowest BCUT2D eigenvalue weighted by atomic mass is 10.2. The molecular weight excluding hydrogens is 508 g/mol. The molecule has 0 aromatic heterocycles. The zero-order chi connectivity index (χ0) is 23.4. The second kappa shape index (κ2) is 9.84. The number of anilines is 1. The molecule has 9 heteroatoms. The van der Waals surface area contributed by atoms with E-state index in [4.69, 9.17) is 9.47 Å². The number of aryl methyl sites for hydroxylation is 1. The monoisotopic (exact) mass is 530 g/mol. The summed E-state index contributed by atoms with van der Waals surface area (Å²) in [5, 5.41) is 2.77. The van der Waals surface area contributed by atoms with Crippen molar-refractivity contribution in [2.24, 2.45) is 0 Å². The summed E-state index contributed by atoms with van der Waals surface area (Å²) in [7, 11) is -3.97. The first-order chi connectivity index (χ1) is 15.8. The highest BCUT2D eigenvalue weighted by Crippen LogP contribution is 2.31. The van der Waals surface area contributed by atoms with Gasteiger partial charge < -0.3 is 14.8 Å². The predicted molar refractivity (Wildman–Crippen MR) is 129 cm³/mol. The van der Waals surface area contributed by atoms with E-state index in [2.05, 4.69) is 21.2 Å². The average Bonchev–Trinajstić information content (AvgIpc) is 2.81. The topological polar surface area (TPSA) is 84.9 Å². The largest absolute Gasteiger partial charge is 0.486 e. The molecule has 172 valence electrons. The van der Waals surface area contributed by atoms with Crippen molar-refractivity contribution < 1.29 is 22.7 Å². The highest BCUT2D eigenvalue weighted by molar-refractivity contribution is 9.10. The van der Waals surface area contributed by atoms with E-state index >= 15 is 0 Å². The van der Waals surface area contributed by atoms with Crippen LogP contribution < -0.4 is 19.1 Å². The number of hydrogen-bond acceptors (Lipinski definition) is 5. The van der Waals surface area contributed by atoms with E-state index < -0.39 is 15.9 Å². The third-order valence-corrected chi connectivity index (χ3v) is 7.37. The SMILES string of the molecule is Cc1ccc(S(=O)(=O)N(CC(=O)NC[C@H]2COc3ccccc3O2)c2cccc(Br)c2)cc1. The molecule has 0 saturated heterocycles. The molecule has 0 fully saturated rings. The van der Waals surface area contributed by atoms with Crippen LogP contribution in [0.5, 0.6) is 11.5 Å². The molecule has 1 aliphatic rings. The fraction of sp³-hybridized carbons (Fsp3) is 0.208. The maximum absolute atomic E-state index is 13.4. The fourth-order valence-corrected chi connectivity index (χ4v) is 5.16. The molecule has 0 unspecified atom stereocenters. The predicted octanol–water partition coefficient (Wildman–Crippen LogP) is 3.91. The van der Waals surface area contributed by atoms with Crippen molar-refractivity contribution in [1.82, 2.24) is 5.32 Å². The van der Waals surface area contributed by atoms with Gasteiger partial charge in [-0.1, -0.05) is 51.8 Å². The van der Waals surface area contributed by atoms with Crippen molar-refractivity contribution in [2.45, 2.75) is 17.9 Å². The average molecular weight is 531 g/mol. The number of benzene rings is 3. The second-order valence-electron chi connectivity index (χ2n) is 7.61. The molecule has 4 rings (SSSR count). The van der Waals surface area contributed by atoms with Crippen molar-refractivity contribution in [2.75, 3.05) is 24.0 Å². The summed E-state index contributed by atoms with van der Waals surface area (Å²) >= 11 is 3.37. The summed E-state index contributed by atoms with van der Waals surface area (Å²) in [5.41, 5.74) is 1.32. The maximum atomic E-state index is 13.4. The molecule has 1 N–H and O–H groups in total. The molecule has 0 saturated carbocycles. The molecule has 3 aromatic rings. The Labute approximate surface area is 201 Å². The van der Waals surface area contributed by atoms with E-state index in [1.54, 1.807) is 42.5 Å². The van der Waals surface area contributed by atoms with Gasteiger partial charge in [0.05, 0.1) is 17.1 Å². The van der Waals surface area contributed by atoms with E-state index in [1.807, 2.05) is 25.1 Å². The number of halogens is 1. The summed E-state index contributed by atoms with van der Waals surface area (Å²) in [4.78, 5) is 12.9. The Kier molecular flexibility index (Phi) is 6.90. The second-order valence-corrected chi connectivity index (χ2v) is 10.4. The molecule has 1 heterocycles. The van der Waals surface area contributed by atoms with Crippen molar-refractivity contribution in [3.63, 3.8) is 0 Å². The first-order valence-electron chi connectivity index (χ1n) is 10.3. The maximum Gasteiger partial charge on any atom is 0.264 e. The van der Waals surface area contributed by atoms with Crippen LogP contribution in [0.15, 0.2) is 82.2 Å². The normalized spacial score (nSPS) is 15.0. The zero-order valence-electron chi connectivity index (χ0n) is 17.9. The van der Waals surface area contributed by atoms with Crippen molar-refractivity contribution in [3.05, 3.63) is 82.8 Å². The third kappa shape index (κ3) is 5.48. The number of hydrogen-bond donors (Lipinski definition) is 1. The summed E-state index contributed by atoms with van der Waals surface area (Å²) in [6.45, 7) is 1.97. The van der Waals surface area contributed by atoms with Crippen LogP contribution in [0.2, 0.25) is 0 Å². The molecule has 1 aliphatic heterocycles. The summed E-state index contributed by atoms with van der Waals surface area (Å²) < 4.78 is 40.2. The van der Waals surface area contributed by atoms with E-state index in [9.17, 15) is 13.2 Å². The Morgan fingerprint density at radius 1 is 1.06 bits per heavy atom. The number of ether oxygens (including phenoxy) is 2. The van der Waals surface area contributed by atoms with Crippen LogP contribution in [0.25, 0.3) is 0 Å². The lowest BCUT2D eigenvalue weighted by Gasteiger charge is -2.27. The number of amides is 1. The molecule has 3 aromatic carbocycles. The van der Waals surface area contributed by atoms with Crippen molar-refractivity contribution >= 4 is 37.5 Å². The minimum atomic E-state index is -3.97. The van der Waals surface area contributed by atoms with Gasteiger partial charge in [0, 0.05) is 4.47 Å². The quantitative estimate of drug-likeness (QED) is 0.500. The molecule has 1 atom stereocenters. The Balaban J connectivity index is 1.49. The Morgan fingerprint density at radius 3 is 2.52 bits per heavy atom. The third-order valence-electron chi connectivity index (χ3n) is 5.09. The first kappa shape index (κ1) is 23.1. The van der Waals surface area contributed by atoms with Gasteiger partial charge in [0.1, 0.15) is 19.3 Å². The van der Waals surface area contributed by atoms with Gasteiger partial charge >= 0.3 is 0 Å². The van der Waals surface area contributed by atoms with E-state index in [0.717, 1.165) is 9.87 Å². The number of nitrogens with one attached hydrogen (secondary N) is 1. The van der Waals surface area contributed by atoms with Gasteiger partial charge in [-0.2, -0.15) is 0 Å². The minimum Gasteiger partial charge on any atom is -0.486 e. The smallest absolute Gasteiger partial charge is 0.264 e. The van der Waals surface area contributed by atoms with Gasteiger partial charge in [0.25, 0.3) is 10.0 Å². The van der Waals surface area contributed by atoms with Gasteiger partial charge in [-0.05, 0) is 49.4 Å². The highest BCUT2D eigenvalue weighted by Gasteiger charge is 2.28. The van der Waals surface area contributed by atoms with E-state index in [-0.39, 0.29) is 30.7 Å². The zero-order valence-corrected chi connectivity index (χ0v) is 20.3. The van der Waals surface area contributed by atoms with Crippen LogP contribution in [0.4, 0.5) is 5.69 Å². The van der Waals surface area contributed by atoms with Crippen LogP contribution >= 0.6 is 15.9 Å². The number of para-hydroxylation sites is 2. The molecule has 0 spiro atoms. The minimum absolute atomic E-state index is 0.112. The summed E-state index contributed by atoms with van der Waals surface area (Å²) in [5.74, 6) is 0.818. The summed E-state index contributed by atoms with van der Waals surface area (Å²) in [6, 6.07) is 20.7. The molecular formula is C24H23BrN2O5S. The molecule has 0 radical (unpaired) electrons. The lowest BCUT2D eigenvalue weighted by molar-refractivity contribution is -0.120. The fourth-order valence-electron chi connectivity index (χ4n) is 3.36. The van der Waals surface area contributed by atoms with Crippen LogP contribution in [-0.4, -0.2) is 40.1 Å². The van der Waals surface area contributed by atoms with Gasteiger partial charge in [-0.3, -0.25) is 9.10 Å². The molecule has 33 heavy (non-hydrogen) atoms. The molecule has 0 bridgehead atoms. The molecule has 0 aliphatic carbocycles. The number of nitrogens with zero attached hydrogens (tertiary/aromatic N) is 1. The van der Waals surface area contributed by atoms with E-state index in [1.165, 1.54) is 12.1 Å². The number of fused-ring (bicyclic) bond motifs is 1. The van der Waals surface area contributed by atoms with Crippen LogP contribution in [0, 0.1) is 6.92 Å².